The Balaban J connectivity index is 1.50. The number of carbonyl (C=O) groups excluding carboxylic acids is 2. The molecule has 1 atom stereocenters. The number of nitrogens with zero attached hydrogens (tertiary/aromatic N) is 3. The Bertz CT molecular complexity index is 1030. The van der Waals surface area contributed by atoms with Gasteiger partial charge in [-0.3, -0.25) is 14.2 Å². The largest absolute Gasteiger partial charge is 0.466 e. The molecular formula is C24H27N3O3. The van der Waals surface area contributed by atoms with Crippen molar-refractivity contribution in [2.45, 2.75) is 32.6 Å². The average molecular weight is 405 g/mol. The summed E-state index contributed by atoms with van der Waals surface area (Å²) in [5.74, 6) is 0.530. The molecule has 0 bridgehead atoms. The third-order valence-electron chi connectivity index (χ3n) is 5.60. The van der Waals surface area contributed by atoms with E-state index in [1.165, 1.54) is 0 Å². The summed E-state index contributed by atoms with van der Waals surface area (Å²) in [6.45, 7) is 3.33. The van der Waals surface area contributed by atoms with Crippen molar-refractivity contribution in [1.82, 2.24) is 14.5 Å². The number of fused-ring (bicyclic) bond motifs is 1. The summed E-state index contributed by atoms with van der Waals surface area (Å²) in [4.78, 5) is 31.6. The van der Waals surface area contributed by atoms with E-state index in [1.807, 2.05) is 55.5 Å². The third kappa shape index (κ3) is 4.22. The molecule has 1 aromatic heterocycles. The van der Waals surface area contributed by atoms with Gasteiger partial charge in [0.25, 0.3) is 0 Å². The Kier molecular flexibility index (Phi) is 6.12. The molecule has 0 N–H and O–H groups in total. The normalized spacial score (nSPS) is 16.6. The van der Waals surface area contributed by atoms with Gasteiger partial charge in [-0.1, -0.05) is 30.3 Å². The molecule has 0 spiro atoms. The number of esters is 1. The molecule has 1 amide bonds. The van der Waals surface area contributed by atoms with Crippen LogP contribution in [0, 0.1) is 5.92 Å². The maximum absolute atomic E-state index is 12.9. The van der Waals surface area contributed by atoms with Gasteiger partial charge in [0.05, 0.1) is 23.6 Å². The molecule has 2 aromatic carbocycles. The highest BCUT2D eigenvalue weighted by Gasteiger charge is 2.29. The zero-order chi connectivity index (χ0) is 20.9. The Morgan fingerprint density at radius 3 is 2.67 bits per heavy atom. The van der Waals surface area contributed by atoms with Crippen LogP contribution < -0.4 is 0 Å². The standard InChI is InChI=1S/C24H27N3O3/c1-2-30-24(29)18-9-8-16-26(17-18)23(28)15-14-22-25-20-12-6-7-13-21(20)27(22)19-10-4-3-5-11-19/h3-7,10-13,18H,2,8-9,14-17H2,1H3. The molecule has 30 heavy (non-hydrogen) atoms. The average Bonchev–Trinajstić information content (AvgIpc) is 3.16. The van der Waals surface area contributed by atoms with Crippen molar-refractivity contribution < 1.29 is 14.3 Å². The number of piperidine rings is 1. The van der Waals surface area contributed by atoms with E-state index in [4.69, 9.17) is 9.72 Å². The first-order valence-electron chi connectivity index (χ1n) is 10.6. The number of hydrogen-bond acceptors (Lipinski definition) is 4. The predicted octanol–water partition coefficient (Wildman–Crippen LogP) is 3.76. The smallest absolute Gasteiger partial charge is 0.310 e. The fourth-order valence-electron chi connectivity index (χ4n) is 4.14. The van der Waals surface area contributed by atoms with Crippen LogP contribution in [-0.4, -0.2) is 46.0 Å². The number of likely N-dealkylation sites (tertiary alicyclic amines) is 1. The lowest BCUT2D eigenvalue weighted by atomic mass is 9.98. The van der Waals surface area contributed by atoms with E-state index in [2.05, 4.69) is 10.6 Å². The van der Waals surface area contributed by atoms with Gasteiger partial charge in [0.2, 0.25) is 5.91 Å². The quantitative estimate of drug-likeness (QED) is 0.586. The number of rotatable bonds is 6. The lowest BCUT2D eigenvalue weighted by Gasteiger charge is -2.31. The second kappa shape index (κ2) is 9.11. The summed E-state index contributed by atoms with van der Waals surface area (Å²) < 4.78 is 7.27. The fraction of sp³-hybridized carbons (Fsp3) is 0.375. The molecule has 1 aliphatic heterocycles. The van der Waals surface area contributed by atoms with E-state index in [-0.39, 0.29) is 17.8 Å². The van der Waals surface area contributed by atoms with E-state index >= 15 is 0 Å². The highest BCUT2D eigenvalue weighted by molar-refractivity contribution is 5.80. The highest BCUT2D eigenvalue weighted by Crippen LogP contribution is 2.23. The van der Waals surface area contributed by atoms with Crippen LogP contribution in [0.25, 0.3) is 16.7 Å². The van der Waals surface area contributed by atoms with Gasteiger partial charge in [0.15, 0.2) is 0 Å². The van der Waals surface area contributed by atoms with Gasteiger partial charge in [0.1, 0.15) is 5.82 Å². The van der Waals surface area contributed by atoms with E-state index < -0.39 is 0 Å². The number of imidazole rings is 1. The van der Waals surface area contributed by atoms with Crippen molar-refractivity contribution in [3.8, 4) is 5.69 Å². The van der Waals surface area contributed by atoms with Crippen molar-refractivity contribution in [3.63, 3.8) is 0 Å². The number of aromatic nitrogens is 2. The summed E-state index contributed by atoms with van der Waals surface area (Å²) in [7, 11) is 0. The van der Waals surface area contributed by atoms with Crippen LogP contribution in [0.15, 0.2) is 54.6 Å². The van der Waals surface area contributed by atoms with Crippen LogP contribution in [0.4, 0.5) is 0 Å². The lowest BCUT2D eigenvalue weighted by molar-refractivity contribution is -0.151. The van der Waals surface area contributed by atoms with Gasteiger partial charge in [-0.05, 0) is 44.0 Å². The topological polar surface area (TPSA) is 64.4 Å². The number of aryl methyl sites for hydroxylation is 1. The van der Waals surface area contributed by atoms with Crippen LogP contribution in [0.3, 0.4) is 0 Å². The highest BCUT2D eigenvalue weighted by atomic mass is 16.5. The van der Waals surface area contributed by atoms with Crippen LogP contribution in [-0.2, 0) is 20.7 Å². The molecule has 6 heteroatoms. The maximum atomic E-state index is 12.9. The molecule has 2 heterocycles. The van der Waals surface area contributed by atoms with Gasteiger partial charge in [-0.15, -0.1) is 0 Å². The van der Waals surface area contributed by atoms with E-state index in [0.717, 1.165) is 35.4 Å². The first-order chi connectivity index (χ1) is 14.7. The molecular weight excluding hydrogens is 378 g/mol. The van der Waals surface area contributed by atoms with Crippen molar-refractivity contribution in [2.75, 3.05) is 19.7 Å². The van der Waals surface area contributed by atoms with Gasteiger partial charge in [-0.25, -0.2) is 4.98 Å². The number of carbonyl (C=O) groups is 2. The lowest BCUT2D eigenvalue weighted by Crippen LogP contribution is -2.42. The molecule has 156 valence electrons. The molecule has 0 radical (unpaired) electrons. The maximum Gasteiger partial charge on any atom is 0.310 e. The number of benzene rings is 2. The Morgan fingerprint density at radius 1 is 1.10 bits per heavy atom. The molecule has 0 saturated carbocycles. The summed E-state index contributed by atoms with van der Waals surface area (Å²) in [5.41, 5.74) is 2.99. The second-order valence-electron chi connectivity index (χ2n) is 7.62. The summed E-state index contributed by atoms with van der Waals surface area (Å²) in [6.07, 6.45) is 2.53. The van der Waals surface area contributed by atoms with Gasteiger partial charge >= 0.3 is 5.97 Å². The molecule has 0 aliphatic carbocycles. The summed E-state index contributed by atoms with van der Waals surface area (Å²) in [6, 6.07) is 18.1. The molecule has 4 rings (SSSR count). The molecule has 1 unspecified atom stereocenters. The monoisotopic (exact) mass is 405 g/mol. The minimum Gasteiger partial charge on any atom is -0.466 e. The second-order valence-corrected chi connectivity index (χ2v) is 7.62. The van der Waals surface area contributed by atoms with Crippen molar-refractivity contribution in [3.05, 3.63) is 60.4 Å². The number of hydrogen-bond donors (Lipinski definition) is 0. The number of amides is 1. The Labute approximate surface area is 176 Å². The molecule has 1 fully saturated rings. The summed E-state index contributed by atoms with van der Waals surface area (Å²) in [5, 5.41) is 0. The Morgan fingerprint density at radius 2 is 1.87 bits per heavy atom. The minimum atomic E-state index is -0.212. The van der Waals surface area contributed by atoms with Gasteiger partial charge in [0, 0.05) is 31.6 Å². The third-order valence-corrected chi connectivity index (χ3v) is 5.60. The predicted molar refractivity (Wildman–Crippen MR) is 115 cm³/mol. The van der Waals surface area contributed by atoms with E-state index in [1.54, 1.807) is 4.90 Å². The SMILES string of the molecule is CCOC(=O)C1CCCN(C(=O)CCc2nc3ccccc3n2-c2ccccc2)C1. The molecule has 1 saturated heterocycles. The van der Waals surface area contributed by atoms with Crippen molar-refractivity contribution >= 4 is 22.9 Å². The first-order valence-corrected chi connectivity index (χ1v) is 10.6. The van der Waals surface area contributed by atoms with Crippen LogP contribution >= 0.6 is 0 Å². The van der Waals surface area contributed by atoms with Crippen LogP contribution in [0.1, 0.15) is 32.0 Å². The number of ether oxygens (including phenoxy) is 1. The fourth-order valence-corrected chi connectivity index (χ4v) is 4.14. The number of para-hydroxylation sites is 3. The first kappa shape index (κ1) is 20.1. The van der Waals surface area contributed by atoms with Crippen LogP contribution in [0.5, 0.6) is 0 Å². The van der Waals surface area contributed by atoms with E-state index in [9.17, 15) is 9.59 Å². The minimum absolute atomic E-state index is 0.0654. The van der Waals surface area contributed by atoms with E-state index in [0.29, 0.717) is 32.5 Å². The van der Waals surface area contributed by atoms with Crippen molar-refractivity contribution in [2.24, 2.45) is 5.92 Å². The molecule has 6 nitrogen and oxygen atoms in total. The van der Waals surface area contributed by atoms with Gasteiger partial charge < -0.3 is 9.64 Å². The summed E-state index contributed by atoms with van der Waals surface area (Å²) >= 11 is 0. The zero-order valence-corrected chi connectivity index (χ0v) is 17.3. The van der Waals surface area contributed by atoms with Gasteiger partial charge in [-0.2, -0.15) is 0 Å². The molecule has 3 aromatic rings. The van der Waals surface area contributed by atoms with Crippen LogP contribution in [0.2, 0.25) is 0 Å². The molecule has 1 aliphatic rings. The van der Waals surface area contributed by atoms with Crippen molar-refractivity contribution in [1.29, 1.82) is 0 Å². The Hall–Kier alpha value is -3.15. The zero-order valence-electron chi connectivity index (χ0n) is 17.3.